The molecule has 0 bridgehead atoms. The topological polar surface area (TPSA) is 58.0 Å². The Balaban J connectivity index is 1.59. The van der Waals surface area contributed by atoms with Gasteiger partial charge in [0.25, 0.3) is 0 Å². The van der Waals surface area contributed by atoms with Crippen LogP contribution in [0.2, 0.25) is 0 Å². The number of allylic oxidation sites excluding steroid dienone is 1. The zero-order chi connectivity index (χ0) is 18.3. The Labute approximate surface area is 158 Å². The van der Waals surface area contributed by atoms with Crippen molar-refractivity contribution in [1.82, 2.24) is 19.4 Å². The van der Waals surface area contributed by atoms with Crippen LogP contribution in [-0.2, 0) is 6.42 Å². The summed E-state index contributed by atoms with van der Waals surface area (Å²) in [6.45, 7) is 6.53. The van der Waals surface area contributed by atoms with E-state index in [4.69, 9.17) is 0 Å². The second-order valence-corrected chi connectivity index (χ2v) is 7.00. The van der Waals surface area contributed by atoms with Gasteiger partial charge < -0.3 is 10.3 Å². The number of fused-ring (bicyclic) bond motifs is 2. The zero-order valence-electron chi connectivity index (χ0n) is 14.2. The number of anilines is 1. The predicted octanol–water partition coefficient (Wildman–Crippen LogP) is 4.80. The highest BCUT2D eigenvalue weighted by molar-refractivity contribution is 9.10. The molecule has 0 spiro atoms. The van der Waals surface area contributed by atoms with E-state index in [0.29, 0.717) is 28.8 Å². The smallest absolute Gasteiger partial charge is 0.180 e. The normalized spacial score (nSPS) is 11.3. The standard InChI is InChI=1S/C19H17BrFN5/c1-11(2)15-9-24-19-18(25-16(20)10-26(15)19)22-7-6-12-8-23-14-5-3-4-13(21)17(12)14/h3-5,8-10,23H,1,6-7H2,2H3,(H,22,25). The summed E-state index contributed by atoms with van der Waals surface area (Å²) in [6.07, 6.45) is 6.17. The minimum Gasteiger partial charge on any atom is -0.367 e. The summed E-state index contributed by atoms with van der Waals surface area (Å²) < 4.78 is 16.7. The van der Waals surface area contributed by atoms with Gasteiger partial charge in [-0.05, 0) is 52.5 Å². The van der Waals surface area contributed by atoms with Crippen molar-refractivity contribution in [2.75, 3.05) is 11.9 Å². The van der Waals surface area contributed by atoms with Gasteiger partial charge >= 0.3 is 0 Å². The number of imidazole rings is 1. The maximum Gasteiger partial charge on any atom is 0.180 e. The lowest BCUT2D eigenvalue weighted by atomic mass is 10.1. The van der Waals surface area contributed by atoms with Gasteiger partial charge in [0.05, 0.1) is 11.9 Å². The predicted molar refractivity (Wildman–Crippen MR) is 106 cm³/mol. The van der Waals surface area contributed by atoms with E-state index in [2.05, 4.69) is 42.8 Å². The summed E-state index contributed by atoms with van der Waals surface area (Å²) in [7, 11) is 0. The molecule has 0 radical (unpaired) electrons. The van der Waals surface area contributed by atoms with E-state index in [9.17, 15) is 4.39 Å². The second-order valence-electron chi connectivity index (χ2n) is 6.18. The van der Waals surface area contributed by atoms with Gasteiger partial charge in [-0.25, -0.2) is 14.4 Å². The number of benzene rings is 1. The summed E-state index contributed by atoms with van der Waals surface area (Å²) in [5, 5.41) is 3.96. The molecule has 26 heavy (non-hydrogen) atoms. The van der Waals surface area contributed by atoms with Crippen LogP contribution in [0, 0.1) is 5.82 Å². The van der Waals surface area contributed by atoms with Gasteiger partial charge in [-0.3, -0.25) is 4.40 Å². The van der Waals surface area contributed by atoms with E-state index in [-0.39, 0.29) is 5.82 Å². The Hall–Kier alpha value is -2.67. The highest BCUT2D eigenvalue weighted by atomic mass is 79.9. The van der Waals surface area contributed by atoms with Crippen LogP contribution in [0.15, 0.2) is 48.0 Å². The lowest BCUT2D eigenvalue weighted by Crippen LogP contribution is -2.08. The van der Waals surface area contributed by atoms with E-state index < -0.39 is 0 Å². The van der Waals surface area contributed by atoms with E-state index in [1.807, 2.05) is 29.8 Å². The molecule has 4 aromatic rings. The largest absolute Gasteiger partial charge is 0.367 e. The van der Waals surface area contributed by atoms with Crippen molar-refractivity contribution in [2.45, 2.75) is 13.3 Å². The average molecular weight is 414 g/mol. The average Bonchev–Trinajstić information content (AvgIpc) is 3.20. The SMILES string of the molecule is C=C(C)c1cnc2c(NCCc3c[nH]c4cccc(F)c34)nc(Br)cn12. The van der Waals surface area contributed by atoms with E-state index in [0.717, 1.165) is 28.0 Å². The third-order valence-electron chi connectivity index (χ3n) is 4.32. The van der Waals surface area contributed by atoms with Gasteiger partial charge in [-0.15, -0.1) is 0 Å². The van der Waals surface area contributed by atoms with Crippen molar-refractivity contribution in [3.8, 4) is 0 Å². The first kappa shape index (κ1) is 16.8. The fraction of sp³-hybridized carbons (Fsp3) is 0.158. The monoisotopic (exact) mass is 413 g/mol. The number of H-pyrrole nitrogens is 1. The van der Waals surface area contributed by atoms with Crippen LogP contribution in [0.4, 0.5) is 10.2 Å². The number of rotatable bonds is 5. The Morgan fingerprint density at radius 1 is 1.42 bits per heavy atom. The molecule has 3 heterocycles. The van der Waals surface area contributed by atoms with Crippen molar-refractivity contribution >= 4 is 43.9 Å². The molecule has 0 amide bonds. The number of nitrogens with zero attached hydrogens (tertiary/aromatic N) is 3. The first-order valence-electron chi connectivity index (χ1n) is 8.22. The number of hydrogen-bond donors (Lipinski definition) is 2. The van der Waals surface area contributed by atoms with E-state index in [1.54, 1.807) is 12.3 Å². The van der Waals surface area contributed by atoms with Gasteiger partial charge in [0.15, 0.2) is 11.5 Å². The second kappa shape index (κ2) is 6.57. The Bertz CT molecular complexity index is 1130. The fourth-order valence-corrected chi connectivity index (χ4v) is 3.50. The van der Waals surface area contributed by atoms with Gasteiger partial charge in [0.1, 0.15) is 10.4 Å². The minimum atomic E-state index is -0.207. The Kier molecular flexibility index (Phi) is 4.24. The Morgan fingerprint density at radius 3 is 3.08 bits per heavy atom. The molecular formula is C19H17BrFN5. The number of aromatic amines is 1. The number of halogens is 2. The molecule has 7 heteroatoms. The molecule has 0 aliphatic rings. The third-order valence-corrected chi connectivity index (χ3v) is 4.71. The van der Waals surface area contributed by atoms with Gasteiger partial charge in [0, 0.05) is 29.8 Å². The van der Waals surface area contributed by atoms with Crippen molar-refractivity contribution in [1.29, 1.82) is 0 Å². The molecule has 0 atom stereocenters. The molecule has 0 unspecified atom stereocenters. The number of aromatic nitrogens is 4. The molecule has 2 N–H and O–H groups in total. The summed E-state index contributed by atoms with van der Waals surface area (Å²) in [5.41, 5.74) is 4.34. The molecule has 0 fully saturated rings. The van der Waals surface area contributed by atoms with Gasteiger partial charge in [0.2, 0.25) is 0 Å². The molecule has 132 valence electrons. The first-order chi connectivity index (χ1) is 12.5. The molecule has 4 rings (SSSR count). The van der Waals surface area contributed by atoms with E-state index >= 15 is 0 Å². The third kappa shape index (κ3) is 2.88. The maximum absolute atomic E-state index is 14.1. The van der Waals surface area contributed by atoms with Crippen LogP contribution in [0.25, 0.3) is 22.1 Å². The van der Waals surface area contributed by atoms with Crippen LogP contribution in [0.3, 0.4) is 0 Å². The number of nitrogens with one attached hydrogen (secondary N) is 2. The van der Waals surface area contributed by atoms with E-state index in [1.165, 1.54) is 6.07 Å². The first-order valence-corrected chi connectivity index (χ1v) is 9.01. The maximum atomic E-state index is 14.1. The molecule has 0 aliphatic heterocycles. The summed E-state index contributed by atoms with van der Waals surface area (Å²) in [5.74, 6) is 0.466. The lowest BCUT2D eigenvalue weighted by Gasteiger charge is -2.09. The molecule has 5 nitrogen and oxygen atoms in total. The molecule has 3 aromatic heterocycles. The van der Waals surface area contributed by atoms with Gasteiger partial charge in [-0.2, -0.15) is 0 Å². The lowest BCUT2D eigenvalue weighted by molar-refractivity contribution is 0.639. The molecule has 1 aromatic carbocycles. The highest BCUT2D eigenvalue weighted by Gasteiger charge is 2.12. The van der Waals surface area contributed by atoms with Gasteiger partial charge in [-0.1, -0.05) is 12.6 Å². The molecule has 0 saturated heterocycles. The van der Waals surface area contributed by atoms with Crippen LogP contribution >= 0.6 is 15.9 Å². The molecule has 0 aliphatic carbocycles. The van der Waals surface area contributed by atoms with Crippen molar-refractivity contribution < 1.29 is 4.39 Å². The van der Waals surface area contributed by atoms with Crippen molar-refractivity contribution in [2.24, 2.45) is 0 Å². The van der Waals surface area contributed by atoms with Crippen LogP contribution in [0.5, 0.6) is 0 Å². The molecular weight excluding hydrogens is 397 g/mol. The molecule has 0 saturated carbocycles. The number of hydrogen-bond acceptors (Lipinski definition) is 3. The van der Waals surface area contributed by atoms with Crippen LogP contribution < -0.4 is 5.32 Å². The summed E-state index contributed by atoms with van der Waals surface area (Å²) >= 11 is 3.44. The summed E-state index contributed by atoms with van der Waals surface area (Å²) in [4.78, 5) is 12.0. The van der Waals surface area contributed by atoms with Crippen LogP contribution in [-0.4, -0.2) is 25.9 Å². The van der Waals surface area contributed by atoms with Crippen molar-refractivity contribution in [3.05, 3.63) is 65.0 Å². The summed E-state index contributed by atoms with van der Waals surface area (Å²) in [6, 6.07) is 5.06. The Morgan fingerprint density at radius 2 is 2.27 bits per heavy atom. The minimum absolute atomic E-state index is 0.207. The highest BCUT2D eigenvalue weighted by Crippen LogP contribution is 2.24. The zero-order valence-corrected chi connectivity index (χ0v) is 15.8. The fourth-order valence-electron chi connectivity index (χ4n) is 3.11. The van der Waals surface area contributed by atoms with Crippen molar-refractivity contribution in [3.63, 3.8) is 0 Å². The van der Waals surface area contributed by atoms with Crippen LogP contribution in [0.1, 0.15) is 18.2 Å². The quantitative estimate of drug-likeness (QED) is 0.493.